The van der Waals surface area contributed by atoms with E-state index < -0.39 is 0 Å². The molecule has 1 aromatic carbocycles. The van der Waals surface area contributed by atoms with Crippen molar-refractivity contribution in [3.63, 3.8) is 0 Å². The SMILES string of the molecule is C[C@@H](N)Cn1ccc2ccc(OCC#N)cc21. The first-order valence-corrected chi connectivity index (χ1v) is 5.55. The third-order valence-electron chi connectivity index (χ3n) is 2.53. The van der Waals surface area contributed by atoms with Crippen LogP contribution < -0.4 is 10.5 Å². The van der Waals surface area contributed by atoms with Gasteiger partial charge in [-0.15, -0.1) is 0 Å². The topological polar surface area (TPSA) is 64.0 Å². The molecule has 0 bridgehead atoms. The second-order valence-corrected chi connectivity index (χ2v) is 4.11. The van der Waals surface area contributed by atoms with Crippen LogP contribution in [0.5, 0.6) is 5.75 Å². The Kier molecular flexibility index (Phi) is 3.31. The van der Waals surface area contributed by atoms with Crippen LogP contribution in [0.2, 0.25) is 0 Å². The molecule has 1 aromatic heterocycles. The molecule has 0 aliphatic rings. The van der Waals surface area contributed by atoms with Gasteiger partial charge in [0.2, 0.25) is 0 Å². The van der Waals surface area contributed by atoms with Gasteiger partial charge in [-0.2, -0.15) is 5.26 Å². The highest BCUT2D eigenvalue weighted by molar-refractivity contribution is 5.81. The average Bonchev–Trinajstić information content (AvgIpc) is 2.69. The highest BCUT2D eigenvalue weighted by atomic mass is 16.5. The van der Waals surface area contributed by atoms with Gasteiger partial charge in [-0.3, -0.25) is 0 Å². The number of nitrogens with two attached hydrogens (primary N) is 1. The van der Waals surface area contributed by atoms with Gasteiger partial charge in [-0.25, -0.2) is 0 Å². The van der Waals surface area contributed by atoms with Gasteiger partial charge in [0.1, 0.15) is 11.8 Å². The maximum Gasteiger partial charge on any atom is 0.174 e. The van der Waals surface area contributed by atoms with Crippen molar-refractivity contribution in [2.45, 2.75) is 19.5 Å². The van der Waals surface area contributed by atoms with Crippen LogP contribution in [0.3, 0.4) is 0 Å². The standard InChI is InChI=1S/C13H15N3O/c1-10(15)9-16-6-4-11-2-3-12(8-13(11)16)17-7-5-14/h2-4,6,8,10H,7,9,15H2,1H3/t10-/m1/s1. The Hall–Kier alpha value is -1.99. The summed E-state index contributed by atoms with van der Waals surface area (Å²) in [4.78, 5) is 0. The molecule has 2 aromatic rings. The molecule has 1 atom stereocenters. The Bertz CT molecular complexity index is 551. The number of rotatable bonds is 4. The Morgan fingerprint density at radius 2 is 2.29 bits per heavy atom. The van der Waals surface area contributed by atoms with Gasteiger partial charge in [0.15, 0.2) is 6.61 Å². The molecule has 2 N–H and O–H groups in total. The van der Waals surface area contributed by atoms with E-state index >= 15 is 0 Å². The quantitative estimate of drug-likeness (QED) is 0.870. The fourth-order valence-electron chi connectivity index (χ4n) is 1.84. The van der Waals surface area contributed by atoms with Crippen molar-refractivity contribution in [1.29, 1.82) is 5.26 Å². The van der Waals surface area contributed by atoms with E-state index in [1.165, 1.54) is 0 Å². The molecule has 0 saturated carbocycles. The molecule has 0 unspecified atom stereocenters. The maximum atomic E-state index is 8.48. The summed E-state index contributed by atoms with van der Waals surface area (Å²) >= 11 is 0. The molecule has 0 fully saturated rings. The molecule has 0 aliphatic carbocycles. The zero-order valence-corrected chi connectivity index (χ0v) is 9.76. The van der Waals surface area contributed by atoms with Gasteiger partial charge >= 0.3 is 0 Å². The van der Waals surface area contributed by atoms with Crippen LogP contribution in [0.15, 0.2) is 30.5 Å². The lowest BCUT2D eigenvalue weighted by molar-refractivity contribution is 0.368. The van der Waals surface area contributed by atoms with Crippen molar-refractivity contribution < 1.29 is 4.74 Å². The lowest BCUT2D eigenvalue weighted by Crippen LogP contribution is -2.21. The molecule has 17 heavy (non-hydrogen) atoms. The largest absolute Gasteiger partial charge is 0.479 e. The minimum Gasteiger partial charge on any atom is -0.479 e. The summed E-state index contributed by atoms with van der Waals surface area (Å²) in [6.45, 7) is 2.81. The number of hydrogen-bond donors (Lipinski definition) is 1. The molecule has 0 saturated heterocycles. The molecular weight excluding hydrogens is 214 g/mol. The molecule has 1 heterocycles. The van der Waals surface area contributed by atoms with Crippen LogP contribution in [-0.2, 0) is 6.54 Å². The summed E-state index contributed by atoms with van der Waals surface area (Å²) in [6, 6.07) is 9.91. The normalized spacial score (nSPS) is 12.3. The van der Waals surface area contributed by atoms with Gasteiger partial charge in [0, 0.05) is 24.8 Å². The molecule has 88 valence electrons. The highest BCUT2D eigenvalue weighted by Gasteiger charge is 2.04. The second kappa shape index (κ2) is 4.89. The van der Waals surface area contributed by atoms with Gasteiger partial charge in [0.25, 0.3) is 0 Å². The summed E-state index contributed by atoms with van der Waals surface area (Å²) in [7, 11) is 0. The number of fused-ring (bicyclic) bond motifs is 1. The molecule has 0 amide bonds. The number of ether oxygens (including phenoxy) is 1. The molecule has 0 radical (unpaired) electrons. The number of benzene rings is 1. The van der Waals surface area contributed by atoms with Gasteiger partial charge in [-0.1, -0.05) is 0 Å². The zero-order chi connectivity index (χ0) is 12.3. The van der Waals surface area contributed by atoms with E-state index in [0.29, 0.717) is 5.75 Å². The zero-order valence-electron chi connectivity index (χ0n) is 9.76. The fraction of sp³-hybridized carbons (Fsp3) is 0.308. The second-order valence-electron chi connectivity index (χ2n) is 4.11. The third-order valence-corrected chi connectivity index (χ3v) is 2.53. The smallest absolute Gasteiger partial charge is 0.174 e. The van der Waals surface area contributed by atoms with Gasteiger partial charge in [-0.05, 0) is 30.5 Å². The molecule has 4 nitrogen and oxygen atoms in total. The summed E-state index contributed by atoms with van der Waals surface area (Å²) in [5.41, 5.74) is 6.88. The number of nitrogens with zero attached hydrogens (tertiary/aromatic N) is 2. The molecule has 0 spiro atoms. The van der Waals surface area contributed by atoms with Crippen LogP contribution in [-0.4, -0.2) is 17.2 Å². The Morgan fingerprint density at radius 3 is 3.00 bits per heavy atom. The van der Waals surface area contributed by atoms with Crippen LogP contribution in [0.1, 0.15) is 6.92 Å². The van der Waals surface area contributed by atoms with Crippen molar-refractivity contribution in [2.24, 2.45) is 5.73 Å². The summed E-state index contributed by atoms with van der Waals surface area (Å²) in [6.07, 6.45) is 2.02. The first kappa shape index (κ1) is 11.5. The third kappa shape index (κ3) is 2.58. The number of nitriles is 1. The van der Waals surface area contributed by atoms with Crippen molar-refractivity contribution in [3.8, 4) is 11.8 Å². The fourth-order valence-corrected chi connectivity index (χ4v) is 1.84. The molecule has 0 aliphatic heterocycles. The van der Waals surface area contributed by atoms with E-state index in [-0.39, 0.29) is 12.6 Å². The van der Waals surface area contributed by atoms with E-state index in [0.717, 1.165) is 17.4 Å². The van der Waals surface area contributed by atoms with Gasteiger partial charge in [0.05, 0.1) is 5.52 Å². The van der Waals surface area contributed by atoms with E-state index in [2.05, 4.69) is 4.57 Å². The van der Waals surface area contributed by atoms with Crippen LogP contribution in [0, 0.1) is 11.3 Å². The maximum absolute atomic E-state index is 8.48. The van der Waals surface area contributed by atoms with E-state index in [4.69, 9.17) is 15.7 Å². The van der Waals surface area contributed by atoms with Gasteiger partial charge < -0.3 is 15.0 Å². The minimum atomic E-state index is 0.0690. The van der Waals surface area contributed by atoms with E-state index in [1.807, 2.05) is 43.5 Å². The lowest BCUT2D eigenvalue weighted by Gasteiger charge is -2.09. The number of hydrogen-bond acceptors (Lipinski definition) is 3. The van der Waals surface area contributed by atoms with Crippen molar-refractivity contribution >= 4 is 10.9 Å². The Balaban J connectivity index is 2.33. The Labute approximate surface area is 100 Å². The minimum absolute atomic E-state index is 0.0690. The van der Waals surface area contributed by atoms with Crippen LogP contribution in [0.4, 0.5) is 0 Å². The highest BCUT2D eigenvalue weighted by Crippen LogP contribution is 2.22. The first-order chi connectivity index (χ1) is 8.20. The Morgan fingerprint density at radius 1 is 1.47 bits per heavy atom. The summed E-state index contributed by atoms with van der Waals surface area (Å²) in [5, 5.41) is 9.63. The lowest BCUT2D eigenvalue weighted by atomic mass is 10.2. The van der Waals surface area contributed by atoms with Crippen molar-refractivity contribution in [1.82, 2.24) is 4.57 Å². The van der Waals surface area contributed by atoms with Crippen molar-refractivity contribution in [2.75, 3.05) is 6.61 Å². The average molecular weight is 229 g/mol. The summed E-state index contributed by atoms with van der Waals surface area (Å²) in [5.74, 6) is 0.712. The van der Waals surface area contributed by atoms with Crippen molar-refractivity contribution in [3.05, 3.63) is 30.5 Å². The summed E-state index contributed by atoms with van der Waals surface area (Å²) < 4.78 is 7.38. The predicted octanol–water partition coefficient (Wildman–Crippen LogP) is 1.89. The van der Waals surface area contributed by atoms with E-state index in [1.54, 1.807) is 0 Å². The monoisotopic (exact) mass is 229 g/mol. The number of aromatic nitrogens is 1. The molecular formula is C13H15N3O. The van der Waals surface area contributed by atoms with Crippen LogP contribution in [0.25, 0.3) is 10.9 Å². The molecule has 2 rings (SSSR count). The molecule has 4 heteroatoms. The van der Waals surface area contributed by atoms with Crippen LogP contribution >= 0.6 is 0 Å². The van der Waals surface area contributed by atoms with E-state index in [9.17, 15) is 0 Å². The first-order valence-electron chi connectivity index (χ1n) is 5.55. The predicted molar refractivity (Wildman–Crippen MR) is 66.7 cm³/mol.